The van der Waals surface area contributed by atoms with Crippen LogP contribution in [0, 0.1) is 6.92 Å². The van der Waals surface area contributed by atoms with Crippen molar-refractivity contribution in [3.63, 3.8) is 0 Å². The van der Waals surface area contributed by atoms with Gasteiger partial charge in [0.05, 0.1) is 30.8 Å². The minimum Gasteiger partial charge on any atom is -0.493 e. The van der Waals surface area contributed by atoms with Crippen LogP contribution in [0.5, 0.6) is 11.5 Å². The largest absolute Gasteiger partial charge is 0.493 e. The van der Waals surface area contributed by atoms with Crippen LogP contribution in [0.25, 0.3) is 27.9 Å². The van der Waals surface area contributed by atoms with Crippen molar-refractivity contribution >= 4 is 28.3 Å². The minimum absolute atomic E-state index is 0.157. The normalized spacial score (nSPS) is 11.3. The van der Waals surface area contributed by atoms with Gasteiger partial charge in [0.1, 0.15) is 5.82 Å². The Bertz CT molecular complexity index is 1590. The Morgan fingerprint density at radius 1 is 1.00 bits per heavy atom. The molecule has 2 aromatic carbocycles. The molecule has 0 aliphatic carbocycles. The monoisotopic (exact) mass is 475 g/mol. The van der Waals surface area contributed by atoms with Crippen molar-refractivity contribution in [2.45, 2.75) is 19.9 Å². The lowest BCUT2D eigenvalue weighted by atomic mass is 10.1. The van der Waals surface area contributed by atoms with Gasteiger partial charge in [-0.2, -0.15) is 9.50 Å². The maximum absolute atomic E-state index is 13.7. The van der Waals surface area contributed by atoms with Crippen LogP contribution in [0.2, 0.25) is 5.02 Å². The van der Waals surface area contributed by atoms with Gasteiger partial charge in [-0.25, -0.2) is 4.98 Å². The highest BCUT2D eigenvalue weighted by molar-refractivity contribution is 6.30. The molecule has 0 aliphatic heterocycles. The van der Waals surface area contributed by atoms with Crippen molar-refractivity contribution in [3.05, 3.63) is 81.5 Å². The second-order valence-electron chi connectivity index (χ2n) is 7.86. The minimum atomic E-state index is -0.157. The molecule has 0 radical (unpaired) electrons. The highest BCUT2D eigenvalue weighted by Crippen LogP contribution is 2.29. The van der Waals surface area contributed by atoms with Gasteiger partial charge in [0.2, 0.25) is 0 Å². The molecule has 3 heterocycles. The van der Waals surface area contributed by atoms with Crippen LogP contribution in [0.15, 0.2) is 59.5 Å². The van der Waals surface area contributed by atoms with E-state index in [0.717, 1.165) is 11.1 Å². The third-order valence-electron chi connectivity index (χ3n) is 5.70. The van der Waals surface area contributed by atoms with Crippen LogP contribution in [0.1, 0.15) is 11.4 Å². The molecule has 0 N–H and O–H groups in total. The molecule has 0 saturated heterocycles. The average Bonchev–Trinajstić information content (AvgIpc) is 3.21. The van der Waals surface area contributed by atoms with E-state index < -0.39 is 0 Å². The zero-order valence-corrected chi connectivity index (χ0v) is 19.7. The van der Waals surface area contributed by atoms with E-state index in [0.29, 0.717) is 57.7 Å². The van der Waals surface area contributed by atoms with Crippen molar-refractivity contribution in [3.8, 4) is 22.8 Å². The van der Waals surface area contributed by atoms with Crippen molar-refractivity contribution in [2.24, 2.45) is 0 Å². The lowest BCUT2D eigenvalue weighted by molar-refractivity contribution is 0.354. The summed E-state index contributed by atoms with van der Waals surface area (Å²) in [6, 6.07) is 14.9. The van der Waals surface area contributed by atoms with Crippen molar-refractivity contribution in [2.75, 3.05) is 14.2 Å². The third kappa shape index (κ3) is 3.86. The van der Waals surface area contributed by atoms with E-state index in [-0.39, 0.29) is 5.56 Å². The number of hydrogen-bond acceptors (Lipinski definition) is 6. The molecule has 0 atom stereocenters. The summed E-state index contributed by atoms with van der Waals surface area (Å²) in [6.07, 6.45) is 2.40. The number of halogens is 1. The van der Waals surface area contributed by atoms with Gasteiger partial charge in [0.25, 0.3) is 11.3 Å². The second kappa shape index (κ2) is 8.79. The second-order valence-corrected chi connectivity index (χ2v) is 8.29. The maximum atomic E-state index is 13.7. The molecular weight excluding hydrogens is 454 g/mol. The predicted octanol–water partition coefficient (Wildman–Crippen LogP) is 4.33. The number of aryl methyl sites for hydroxylation is 3. The molecule has 0 bridgehead atoms. The van der Waals surface area contributed by atoms with E-state index in [1.54, 1.807) is 42.5 Å². The Kier molecular flexibility index (Phi) is 5.67. The van der Waals surface area contributed by atoms with Crippen LogP contribution in [0.3, 0.4) is 0 Å². The smallest absolute Gasteiger partial charge is 0.262 e. The fraction of sp³-hybridized carbons (Fsp3) is 0.200. The van der Waals surface area contributed by atoms with Crippen molar-refractivity contribution < 1.29 is 9.47 Å². The summed E-state index contributed by atoms with van der Waals surface area (Å²) in [7, 11) is 3.21. The van der Waals surface area contributed by atoms with Gasteiger partial charge in [0.15, 0.2) is 11.5 Å². The molecule has 0 saturated carbocycles. The molecule has 3 aromatic heterocycles. The molecule has 34 heavy (non-hydrogen) atoms. The number of nitrogens with zero attached hydrogens (tertiary/aromatic N) is 5. The van der Waals surface area contributed by atoms with E-state index >= 15 is 0 Å². The van der Waals surface area contributed by atoms with E-state index in [9.17, 15) is 4.79 Å². The Morgan fingerprint density at radius 2 is 1.82 bits per heavy atom. The summed E-state index contributed by atoms with van der Waals surface area (Å²) in [6.45, 7) is 2.27. The average molecular weight is 476 g/mol. The van der Waals surface area contributed by atoms with Crippen LogP contribution < -0.4 is 15.0 Å². The van der Waals surface area contributed by atoms with E-state index in [4.69, 9.17) is 21.1 Å². The first kappa shape index (κ1) is 21.9. The van der Waals surface area contributed by atoms with Crippen LogP contribution >= 0.6 is 11.6 Å². The number of fused-ring (bicyclic) bond motifs is 2. The van der Waals surface area contributed by atoms with Gasteiger partial charge in [-0.1, -0.05) is 29.8 Å². The van der Waals surface area contributed by atoms with Gasteiger partial charge in [-0.05, 0) is 49.2 Å². The van der Waals surface area contributed by atoms with Gasteiger partial charge in [0, 0.05) is 23.3 Å². The first-order valence-corrected chi connectivity index (χ1v) is 11.1. The van der Waals surface area contributed by atoms with Gasteiger partial charge >= 0.3 is 0 Å². The number of pyridine rings is 1. The number of aromatic nitrogens is 5. The number of methoxy groups -OCH3 is 2. The number of rotatable bonds is 6. The van der Waals surface area contributed by atoms with Gasteiger partial charge in [-0.15, -0.1) is 5.10 Å². The third-order valence-corrected chi connectivity index (χ3v) is 5.93. The standard InChI is InChI=1S/C25H22ClN5O3/c1-15-27-25-28-19-10-12-30(11-9-16-7-8-20(33-2)21(13-16)34-3)24(32)22(19)23(31(25)29-15)17-5-4-6-18(26)14-17/h4-8,10,12-14H,9,11H2,1-3H3. The maximum Gasteiger partial charge on any atom is 0.262 e. The molecule has 0 spiro atoms. The Labute approximate surface area is 200 Å². The zero-order valence-electron chi connectivity index (χ0n) is 18.9. The quantitative estimate of drug-likeness (QED) is 0.363. The lowest BCUT2D eigenvalue weighted by Crippen LogP contribution is -2.22. The van der Waals surface area contributed by atoms with E-state index in [1.807, 2.05) is 42.5 Å². The molecule has 5 rings (SSSR count). The number of benzene rings is 2. The summed E-state index contributed by atoms with van der Waals surface area (Å²) in [5, 5.41) is 5.53. The summed E-state index contributed by atoms with van der Waals surface area (Å²) in [5.74, 6) is 2.32. The van der Waals surface area contributed by atoms with Crippen molar-refractivity contribution in [1.29, 1.82) is 0 Å². The molecule has 8 nitrogen and oxygen atoms in total. The number of hydrogen-bond donors (Lipinski definition) is 0. The molecule has 0 aliphatic rings. The molecule has 9 heteroatoms. The molecule has 172 valence electrons. The molecule has 0 amide bonds. The SMILES string of the molecule is COc1ccc(CCn2ccc3nc4nc(C)nn4c(-c4cccc(Cl)c4)c3c2=O)cc1OC. The molecular formula is C25H22ClN5O3. The molecule has 0 fully saturated rings. The summed E-state index contributed by atoms with van der Waals surface area (Å²) >= 11 is 6.27. The first-order valence-electron chi connectivity index (χ1n) is 10.7. The molecule has 5 aromatic rings. The first-order chi connectivity index (χ1) is 16.5. The fourth-order valence-electron chi connectivity index (χ4n) is 4.08. The topological polar surface area (TPSA) is 83.5 Å². The van der Waals surface area contributed by atoms with Crippen LogP contribution in [-0.2, 0) is 13.0 Å². The van der Waals surface area contributed by atoms with Crippen LogP contribution in [0.4, 0.5) is 0 Å². The lowest BCUT2D eigenvalue weighted by Gasteiger charge is -2.13. The van der Waals surface area contributed by atoms with Crippen LogP contribution in [-0.4, -0.2) is 38.4 Å². The van der Waals surface area contributed by atoms with E-state index in [2.05, 4.69) is 15.1 Å². The Hall–Kier alpha value is -3.91. The van der Waals surface area contributed by atoms with Crippen molar-refractivity contribution in [1.82, 2.24) is 24.1 Å². The van der Waals surface area contributed by atoms with Gasteiger partial charge in [-0.3, -0.25) is 4.79 Å². The summed E-state index contributed by atoms with van der Waals surface area (Å²) in [5.41, 5.74) is 2.82. The fourth-order valence-corrected chi connectivity index (χ4v) is 4.27. The highest BCUT2D eigenvalue weighted by atomic mass is 35.5. The summed E-state index contributed by atoms with van der Waals surface area (Å²) in [4.78, 5) is 22.7. The molecule has 0 unspecified atom stereocenters. The Morgan fingerprint density at radius 3 is 2.59 bits per heavy atom. The van der Waals surface area contributed by atoms with Gasteiger partial charge < -0.3 is 14.0 Å². The zero-order chi connectivity index (χ0) is 23.8. The van der Waals surface area contributed by atoms with E-state index in [1.165, 1.54) is 0 Å². The highest BCUT2D eigenvalue weighted by Gasteiger charge is 2.18. The summed E-state index contributed by atoms with van der Waals surface area (Å²) < 4.78 is 14.0. The predicted molar refractivity (Wildman–Crippen MR) is 131 cm³/mol. The Balaban J connectivity index is 1.63. The number of ether oxygens (including phenoxy) is 2.